The molecular weight excluding hydrogens is 475 g/mol. The number of ether oxygens (including phenoxy) is 1. The van der Waals surface area contributed by atoms with Gasteiger partial charge in [-0.15, -0.1) is 0 Å². The molecule has 1 saturated heterocycles. The van der Waals surface area contributed by atoms with E-state index in [0.717, 1.165) is 51.3 Å². The van der Waals surface area contributed by atoms with Crippen LogP contribution in [-0.4, -0.2) is 77.2 Å². The minimum atomic E-state index is -4.40. The number of benzene rings is 2. The lowest BCUT2D eigenvalue weighted by Gasteiger charge is -2.32. The highest BCUT2D eigenvalue weighted by Gasteiger charge is 2.29. The molecule has 0 bridgehead atoms. The summed E-state index contributed by atoms with van der Waals surface area (Å²) in [7, 11) is 2.11. The Hall–Kier alpha value is -3.44. The van der Waals surface area contributed by atoms with Crippen LogP contribution in [0.15, 0.2) is 42.7 Å². The topological polar surface area (TPSA) is 90.8 Å². The molecule has 1 aliphatic rings. The lowest BCUT2D eigenvalue weighted by molar-refractivity contribution is -0.137. The minimum Gasteiger partial charge on any atom is -0.493 e. The molecule has 1 fully saturated rings. The average molecular weight is 504 g/mol. The van der Waals surface area contributed by atoms with Crippen molar-refractivity contribution >= 4 is 22.7 Å². The zero-order valence-electron chi connectivity index (χ0n) is 19.9. The van der Waals surface area contributed by atoms with Gasteiger partial charge in [0.25, 0.3) is 0 Å². The molecule has 192 valence electrons. The lowest BCUT2D eigenvalue weighted by atomic mass is 10.1. The number of aromatic nitrogens is 2. The Morgan fingerprint density at radius 1 is 1.11 bits per heavy atom. The van der Waals surface area contributed by atoms with Crippen LogP contribution < -0.4 is 10.1 Å². The number of piperazine rings is 1. The molecule has 3 aromatic rings. The first-order valence-electron chi connectivity index (χ1n) is 11.7. The molecule has 2 aromatic carbocycles. The first kappa shape index (κ1) is 25.6. The van der Waals surface area contributed by atoms with Crippen LogP contribution in [0.4, 0.5) is 19.0 Å². The van der Waals surface area contributed by atoms with Crippen LogP contribution in [0.1, 0.15) is 27.9 Å². The number of carboxylic acids is 1. The third-order valence-electron chi connectivity index (χ3n) is 6.17. The fourth-order valence-electron chi connectivity index (χ4n) is 4.08. The molecule has 4 rings (SSSR count). The van der Waals surface area contributed by atoms with E-state index >= 15 is 0 Å². The summed E-state index contributed by atoms with van der Waals surface area (Å²) in [5.74, 6) is -0.383. The van der Waals surface area contributed by atoms with E-state index in [2.05, 4.69) is 32.1 Å². The molecule has 0 saturated carbocycles. The third kappa shape index (κ3) is 6.41. The first-order valence-corrected chi connectivity index (χ1v) is 11.7. The Morgan fingerprint density at radius 3 is 2.50 bits per heavy atom. The van der Waals surface area contributed by atoms with Gasteiger partial charge in [-0.3, -0.25) is 0 Å². The maximum absolute atomic E-state index is 12.8. The van der Waals surface area contributed by atoms with Gasteiger partial charge in [-0.1, -0.05) is 12.1 Å². The van der Waals surface area contributed by atoms with Crippen LogP contribution in [0.2, 0.25) is 0 Å². The molecular formula is C25H28F3N5O3. The quantitative estimate of drug-likeness (QED) is 0.424. The van der Waals surface area contributed by atoms with Crippen molar-refractivity contribution in [1.82, 2.24) is 19.8 Å². The number of nitrogens with zero attached hydrogens (tertiary/aromatic N) is 4. The van der Waals surface area contributed by atoms with Gasteiger partial charge in [-0.2, -0.15) is 13.2 Å². The van der Waals surface area contributed by atoms with Gasteiger partial charge in [0, 0.05) is 44.7 Å². The maximum Gasteiger partial charge on any atom is 0.416 e. The fourth-order valence-corrected chi connectivity index (χ4v) is 4.08. The van der Waals surface area contributed by atoms with Crippen molar-refractivity contribution in [3.63, 3.8) is 0 Å². The molecule has 8 nitrogen and oxygen atoms in total. The molecule has 0 radical (unpaired) electrons. The highest BCUT2D eigenvalue weighted by Crippen LogP contribution is 2.30. The number of carboxylic acid groups (broad SMARTS) is 1. The van der Waals surface area contributed by atoms with Gasteiger partial charge in [0.15, 0.2) is 0 Å². The predicted molar refractivity (Wildman–Crippen MR) is 129 cm³/mol. The Balaban J connectivity index is 1.46. The number of nitrogens with one attached hydrogen (secondary N) is 1. The van der Waals surface area contributed by atoms with E-state index in [1.807, 2.05) is 0 Å². The van der Waals surface area contributed by atoms with E-state index in [0.29, 0.717) is 29.1 Å². The number of halogens is 3. The van der Waals surface area contributed by atoms with Crippen LogP contribution in [0.3, 0.4) is 0 Å². The van der Waals surface area contributed by atoms with Gasteiger partial charge >= 0.3 is 12.1 Å². The Labute approximate surface area is 206 Å². The molecule has 0 unspecified atom stereocenters. The molecule has 0 amide bonds. The van der Waals surface area contributed by atoms with Crippen molar-refractivity contribution in [3.8, 4) is 5.75 Å². The number of hydrogen-bond acceptors (Lipinski definition) is 7. The van der Waals surface area contributed by atoms with Crippen molar-refractivity contribution in [3.05, 3.63) is 59.4 Å². The van der Waals surface area contributed by atoms with E-state index in [1.54, 1.807) is 6.07 Å². The Kier molecular flexibility index (Phi) is 7.90. The zero-order valence-corrected chi connectivity index (χ0v) is 19.9. The number of carbonyl (C=O) groups is 1. The van der Waals surface area contributed by atoms with Gasteiger partial charge in [-0.05, 0) is 43.3 Å². The molecule has 0 aliphatic carbocycles. The summed E-state index contributed by atoms with van der Waals surface area (Å²) in [4.78, 5) is 24.9. The normalized spacial score (nSPS) is 15.2. The summed E-state index contributed by atoms with van der Waals surface area (Å²) in [6.45, 7) is 5.63. The lowest BCUT2D eigenvalue weighted by Crippen LogP contribution is -2.44. The summed E-state index contributed by atoms with van der Waals surface area (Å²) in [6, 6.07) is 7.95. The number of likely N-dealkylation sites (N-methyl/N-ethyl adjacent to an activating group) is 1. The number of aromatic carboxylic acids is 1. The maximum atomic E-state index is 12.8. The number of anilines is 1. The summed E-state index contributed by atoms with van der Waals surface area (Å²) >= 11 is 0. The smallest absolute Gasteiger partial charge is 0.416 e. The highest BCUT2D eigenvalue weighted by atomic mass is 19.4. The molecule has 11 heteroatoms. The molecule has 0 spiro atoms. The Morgan fingerprint density at radius 2 is 1.83 bits per heavy atom. The van der Waals surface area contributed by atoms with Crippen molar-refractivity contribution in [1.29, 1.82) is 0 Å². The van der Waals surface area contributed by atoms with E-state index in [9.17, 15) is 23.1 Å². The van der Waals surface area contributed by atoms with Gasteiger partial charge < -0.3 is 25.0 Å². The zero-order chi connectivity index (χ0) is 25.7. The summed E-state index contributed by atoms with van der Waals surface area (Å²) in [5, 5.41) is 13.3. The molecule has 2 heterocycles. The molecule has 1 aliphatic heterocycles. The number of hydrogen-bond donors (Lipinski definition) is 2. The van der Waals surface area contributed by atoms with Crippen LogP contribution >= 0.6 is 0 Å². The van der Waals surface area contributed by atoms with E-state index in [4.69, 9.17) is 4.74 Å². The molecule has 2 N–H and O–H groups in total. The van der Waals surface area contributed by atoms with Gasteiger partial charge in [0.1, 0.15) is 17.9 Å². The van der Waals surface area contributed by atoms with Crippen molar-refractivity contribution in [2.24, 2.45) is 0 Å². The number of fused-ring (bicyclic) bond motifs is 1. The van der Waals surface area contributed by atoms with E-state index < -0.39 is 17.7 Å². The van der Waals surface area contributed by atoms with Crippen molar-refractivity contribution in [2.75, 3.05) is 51.7 Å². The van der Waals surface area contributed by atoms with Crippen LogP contribution in [0.25, 0.3) is 10.9 Å². The second-order valence-electron chi connectivity index (χ2n) is 8.79. The van der Waals surface area contributed by atoms with Crippen LogP contribution in [-0.2, 0) is 12.7 Å². The largest absolute Gasteiger partial charge is 0.493 e. The van der Waals surface area contributed by atoms with E-state index in [-0.39, 0.29) is 17.6 Å². The second-order valence-corrected chi connectivity index (χ2v) is 8.79. The molecule has 36 heavy (non-hydrogen) atoms. The third-order valence-corrected chi connectivity index (χ3v) is 6.17. The second kappa shape index (κ2) is 11.1. The fraction of sp³-hybridized carbons (Fsp3) is 0.400. The van der Waals surface area contributed by atoms with Crippen molar-refractivity contribution < 1.29 is 27.8 Å². The van der Waals surface area contributed by atoms with Gasteiger partial charge in [0.05, 0.1) is 23.3 Å². The summed E-state index contributed by atoms with van der Waals surface area (Å²) in [6.07, 6.45) is -2.35. The predicted octanol–water partition coefficient (Wildman–Crippen LogP) is 3.98. The molecule has 0 atom stereocenters. The van der Waals surface area contributed by atoms with Crippen LogP contribution in [0, 0.1) is 0 Å². The average Bonchev–Trinajstić information content (AvgIpc) is 2.85. The number of alkyl halides is 3. The standard InChI is InChI=1S/C25H28F3N5O3/c1-32-8-10-33(11-9-32)7-2-12-36-19-13-20-22(21(14-19)24(34)35)30-16-31-23(20)29-15-17-3-5-18(6-4-17)25(26,27)28/h3-6,13-14,16H,2,7-12,15H2,1H3,(H,34,35)(H,29,30,31). The minimum absolute atomic E-state index is 0.0125. The SMILES string of the molecule is CN1CCN(CCCOc2cc(C(=O)O)c3ncnc(NCc4ccc(C(F)(F)F)cc4)c3c2)CC1. The van der Waals surface area contributed by atoms with Gasteiger partial charge in [-0.25, -0.2) is 14.8 Å². The summed E-state index contributed by atoms with van der Waals surface area (Å²) in [5.41, 5.74) is 0.127. The van der Waals surface area contributed by atoms with Gasteiger partial charge in [0.2, 0.25) is 0 Å². The first-order chi connectivity index (χ1) is 17.2. The highest BCUT2D eigenvalue weighted by molar-refractivity contribution is 6.05. The summed E-state index contributed by atoms with van der Waals surface area (Å²) < 4.78 is 44.3. The number of rotatable bonds is 9. The van der Waals surface area contributed by atoms with Crippen molar-refractivity contribution in [2.45, 2.75) is 19.1 Å². The van der Waals surface area contributed by atoms with E-state index in [1.165, 1.54) is 24.5 Å². The molecule has 1 aromatic heterocycles. The van der Waals surface area contributed by atoms with Crippen LogP contribution in [0.5, 0.6) is 5.75 Å². The Bertz CT molecular complexity index is 1200. The monoisotopic (exact) mass is 503 g/mol.